The van der Waals surface area contributed by atoms with E-state index in [4.69, 9.17) is 9.15 Å². The van der Waals surface area contributed by atoms with Gasteiger partial charge in [0, 0.05) is 19.0 Å². The van der Waals surface area contributed by atoms with Gasteiger partial charge in [0.15, 0.2) is 0 Å². The highest BCUT2D eigenvalue weighted by Gasteiger charge is 2.28. The van der Waals surface area contributed by atoms with Gasteiger partial charge < -0.3 is 24.7 Å². The number of likely N-dealkylation sites (tertiary alicyclic amines) is 1. The number of hydrogen-bond acceptors (Lipinski definition) is 4. The lowest BCUT2D eigenvalue weighted by molar-refractivity contribution is -0.126. The Balaban J connectivity index is 1.45. The highest BCUT2D eigenvalue weighted by atomic mass is 16.5. The molecule has 162 valence electrons. The summed E-state index contributed by atoms with van der Waals surface area (Å²) < 4.78 is 11.0. The normalized spacial score (nSPS) is 15.7. The van der Waals surface area contributed by atoms with Crippen molar-refractivity contribution in [2.75, 3.05) is 13.1 Å². The van der Waals surface area contributed by atoms with Crippen LogP contribution >= 0.6 is 0 Å². The van der Waals surface area contributed by atoms with Crippen LogP contribution in [0.5, 0.6) is 5.75 Å². The van der Waals surface area contributed by atoms with Gasteiger partial charge in [0.25, 0.3) is 0 Å². The number of urea groups is 1. The third kappa shape index (κ3) is 6.02. The number of nitrogens with zero attached hydrogens (tertiary/aromatic N) is 1. The number of piperidine rings is 1. The van der Waals surface area contributed by atoms with Crippen LogP contribution in [0.3, 0.4) is 0 Å². The third-order valence-electron chi connectivity index (χ3n) is 5.24. The molecule has 7 heteroatoms. The summed E-state index contributed by atoms with van der Waals surface area (Å²) in [7, 11) is 0. The molecule has 1 aromatic carbocycles. The number of hydrogen-bond donors (Lipinski definition) is 2. The Bertz CT molecular complexity index is 827. The van der Waals surface area contributed by atoms with Crippen LogP contribution in [0.15, 0.2) is 47.1 Å². The van der Waals surface area contributed by atoms with E-state index < -0.39 is 0 Å². The molecule has 3 amide bonds. The molecule has 0 bridgehead atoms. The Hall–Kier alpha value is -2.96. The smallest absolute Gasteiger partial charge is 0.317 e. The van der Waals surface area contributed by atoms with Crippen LogP contribution < -0.4 is 15.4 Å². The molecule has 2 aromatic rings. The molecule has 1 saturated heterocycles. The van der Waals surface area contributed by atoms with Crippen molar-refractivity contribution in [2.45, 2.75) is 52.3 Å². The van der Waals surface area contributed by atoms with E-state index in [9.17, 15) is 9.59 Å². The number of nitrogens with one attached hydrogen (secondary N) is 2. The molecule has 1 aliphatic heterocycles. The summed E-state index contributed by atoms with van der Waals surface area (Å²) in [5.41, 5.74) is 0.994. The van der Waals surface area contributed by atoms with Crippen LogP contribution in [0.25, 0.3) is 0 Å². The summed E-state index contributed by atoms with van der Waals surface area (Å²) in [6.07, 6.45) is 3.00. The second-order valence-corrected chi connectivity index (χ2v) is 7.97. The molecule has 1 unspecified atom stereocenters. The maximum Gasteiger partial charge on any atom is 0.317 e. The van der Waals surface area contributed by atoms with E-state index in [2.05, 4.69) is 10.6 Å². The van der Waals surface area contributed by atoms with Crippen molar-refractivity contribution in [3.05, 3.63) is 54.0 Å². The van der Waals surface area contributed by atoms with Gasteiger partial charge in [-0.3, -0.25) is 4.79 Å². The summed E-state index contributed by atoms with van der Waals surface area (Å²) in [5, 5.41) is 5.96. The molecule has 1 atom stereocenters. The van der Waals surface area contributed by atoms with Crippen LogP contribution in [0.2, 0.25) is 0 Å². The van der Waals surface area contributed by atoms with Gasteiger partial charge in [-0.25, -0.2) is 4.79 Å². The van der Waals surface area contributed by atoms with Crippen LogP contribution in [0, 0.1) is 5.92 Å². The van der Waals surface area contributed by atoms with Crippen molar-refractivity contribution in [3.63, 3.8) is 0 Å². The van der Waals surface area contributed by atoms with E-state index in [0.29, 0.717) is 32.5 Å². The highest BCUT2D eigenvalue weighted by Crippen LogP contribution is 2.22. The zero-order valence-corrected chi connectivity index (χ0v) is 17.9. The average molecular weight is 414 g/mol. The van der Waals surface area contributed by atoms with Crippen LogP contribution in [0.4, 0.5) is 4.79 Å². The topological polar surface area (TPSA) is 83.8 Å². The van der Waals surface area contributed by atoms with E-state index in [1.165, 1.54) is 0 Å². The number of benzene rings is 1. The van der Waals surface area contributed by atoms with Crippen LogP contribution in [0.1, 0.15) is 51.0 Å². The predicted octanol–water partition coefficient (Wildman–Crippen LogP) is 3.87. The van der Waals surface area contributed by atoms with Crippen molar-refractivity contribution >= 4 is 11.9 Å². The first-order valence-electron chi connectivity index (χ1n) is 10.5. The summed E-state index contributed by atoms with van der Waals surface area (Å²) in [6.45, 7) is 7.45. The summed E-state index contributed by atoms with van der Waals surface area (Å²) in [4.78, 5) is 26.8. The van der Waals surface area contributed by atoms with Crippen LogP contribution in [-0.4, -0.2) is 36.0 Å². The lowest BCUT2D eigenvalue weighted by Crippen LogP contribution is -2.47. The Kier molecular flexibility index (Phi) is 7.38. The monoisotopic (exact) mass is 413 g/mol. The fourth-order valence-corrected chi connectivity index (χ4v) is 3.57. The number of carbonyl (C=O) groups excluding carboxylic acids is 2. The highest BCUT2D eigenvalue weighted by molar-refractivity contribution is 5.79. The van der Waals surface area contributed by atoms with E-state index in [0.717, 1.165) is 17.1 Å². The summed E-state index contributed by atoms with van der Waals surface area (Å²) >= 11 is 0. The van der Waals surface area contributed by atoms with E-state index in [-0.39, 0.29) is 30.0 Å². The summed E-state index contributed by atoms with van der Waals surface area (Å²) in [5.74, 6) is 1.47. The van der Waals surface area contributed by atoms with Gasteiger partial charge in [-0.05, 0) is 63.4 Å². The minimum Gasteiger partial charge on any atom is -0.491 e. The molecule has 30 heavy (non-hydrogen) atoms. The number of amides is 3. The number of rotatable bonds is 7. The second-order valence-electron chi connectivity index (χ2n) is 7.97. The van der Waals surface area contributed by atoms with Crippen LogP contribution in [-0.2, 0) is 11.3 Å². The molecule has 1 fully saturated rings. The third-order valence-corrected chi connectivity index (χ3v) is 5.24. The Morgan fingerprint density at radius 1 is 1.17 bits per heavy atom. The molecule has 2 N–H and O–H groups in total. The largest absolute Gasteiger partial charge is 0.491 e. The van der Waals surface area contributed by atoms with E-state index >= 15 is 0 Å². The summed E-state index contributed by atoms with van der Waals surface area (Å²) in [6, 6.07) is 11.2. The minimum atomic E-state index is -0.137. The van der Waals surface area contributed by atoms with E-state index in [1.807, 2.05) is 51.1 Å². The number of carbonyl (C=O) groups is 2. The molecular formula is C23H31N3O4. The van der Waals surface area contributed by atoms with Crippen molar-refractivity contribution in [1.29, 1.82) is 0 Å². The zero-order valence-electron chi connectivity index (χ0n) is 17.9. The van der Waals surface area contributed by atoms with Gasteiger partial charge in [-0.15, -0.1) is 0 Å². The van der Waals surface area contributed by atoms with Gasteiger partial charge >= 0.3 is 6.03 Å². The van der Waals surface area contributed by atoms with Gasteiger partial charge in [0.05, 0.1) is 25.0 Å². The van der Waals surface area contributed by atoms with Gasteiger partial charge in [0.1, 0.15) is 11.5 Å². The molecule has 1 aromatic heterocycles. The van der Waals surface area contributed by atoms with Crippen molar-refractivity contribution < 1.29 is 18.7 Å². The van der Waals surface area contributed by atoms with Crippen molar-refractivity contribution in [1.82, 2.24) is 15.5 Å². The SMILES string of the molecule is CC(C)Oc1cccc(C(C)NC(=O)N2CCC(C(=O)NCc3ccco3)CC2)c1. The maximum atomic E-state index is 12.7. The Labute approximate surface area is 177 Å². The lowest BCUT2D eigenvalue weighted by Gasteiger charge is -2.32. The van der Waals surface area contributed by atoms with Crippen molar-refractivity contribution in [3.8, 4) is 5.75 Å². The molecule has 1 aliphatic rings. The van der Waals surface area contributed by atoms with Gasteiger partial charge in [0.2, 0.25) is 5.91 Å². The molecular weight excluding hydrogens is 382 g/mol. The Morgan fingerprint density at radius 2 is 1.93 bits per heavy atom. The first-order valence-corrected chi connectivity index (χ1v) is 10.5. The first kappa shape index (κ1) is 21.7. The number of ether oxygens (including phenoxy) is 1. The zero-order chi connectivity index (χ0) is 21.5. The van der Waals surface area contributed by atoms with Gasteiger partial charge in [-0.2, -0.15) is 0 Å². The molecule has 0 aliphatic carbocycles. The number of furan rings is 1. The molecule has 7 nitrogen and oxygen atoms in total. The average Bonchev–Trinajstić information content (AvgIpc) is 3.25. The van der Waals surface area contributed by atoms with Gasteiger partial charge in [-0.1, -0.05) is 12.1 Å². The van der Waals surface area contributed by atoms with Crippen molar-refractivity contribution in [2.24, 2.45) is 5.92 Å². The second kappa shape index (κ2) is 10.2. The molecule has 0 radical (unpaired) electrons. The molecule has 2 heterocycles. The molecule has 0 spiro atoms. The lowest BCUT2D eigenvalue weighted by atomic mass is 9.96. The van der Waals surface area contributed by atoms with E-state index in [1.54, 1.807) is 17.2 Å². The minimum absolute atomic E-state index is 0.0155. The Morgan fingerprint density at radius 3 is 2.60 bits per heavy atom. The predicted molar refractivity (Wildman–Crippen MR) is 114 cm³/mol. The maximum absolute atomic E-state index is 12.7. The first-order chi connectivity index (χ1) is 14.4. The molecule has 0 saturated carbocycles. The quantitative estimate of drug-likeness (QED) is 0.722. The fraction of sp³-hybridized carbons (Fsp3) is 0.478. The molecule has 3 rings (SSSR count). The fourth-order valence-electron chi connectivity index (χ4n) is 3.57. The standard InChI is InChI=1S/C23H31N3O4/c1-16(2)30-20-7-4-6-19(14-20)17(3)25-23(28)26-11-9-18(10-12-26)22(27)24-15-21-8-5-13-29-21/h4-8,13-14,16-18H,9-12,15H2,1-3H3,(H,24,27)(H,25,28).